The number of rotatable bonds is 7. The van der Waals surface area contributed by atoms with Gasteiger partial charge in [-0.3, -0.25) is 14.5 Å². The Bertz CT molecular complexity index is 1990. The van der Waals surface area contributed by atoms with E-state index >= 15 is 0 Å². The SMILES string of the molecule is Cn1cnc(S(=O)(=O)N(CC(F)(F)F)[C@H]2CCC3=Cc4c(cnn4-c4ccc(F)cc4)C[C@]3(C(=O)c3cc(C(F)(F)F)ccn3)C2)n1. The molecule has 3 aromatic heterocycles. The maximum Gasteiger partial charge on any atom is 0.416 e. The van der Waals surface area contributed by atoms with E-state index in [2.05, 4.69) is 20.2 Å². The third-order valence-corrected chi connectivity index (χ3v) is 10.0. The summed E-state index contributed by atoms with van der Waals surface area (Å²) in [6, 6.07) is 5.15. The molecule has 1 saturated carbocycles. The number of hydrogen-bond donors (Lipinski definition) is 0. The summed E-state index contributed by atoms with van der Waals surface area (Å²) >= 11 is 0. The van der Waals surface area contributed by atoms with Crippen LogP contribution in [-0.4, -0.2) is 66.8 Å². The molecule has 2 aliphatic carbocycles. The number of benzene rings is 1. The number of alkyl halides is 6. The number of sulfonamides is 1. The first kappa shape index (κ1) is 32.5. The summed E-state index contributed by atoms with van der Waals surface area (Å²) in [5.74, 6) is -1.41. The first-order valence-corrected chi connectivity index (χ1v) is 15.5. The molecular weight excluding hydrogens is 659 g/mol. The minimum Gasteiger partial charge on any atom is -0.291 e. The van der Waals surface area contributed by atoms with E-state index in [0.717, 1.165) is 17.2 Å². The third kappa shape index (κ3) is 6.06. The van der Waals surface area contributed by atoms with E-state index in [0.29, 0.717) is 34.7 Å². The van der Waals surface area contributed by atoms with Gasteiger partial charge in [-0.2, -0.15) is 35.7 Å². The van der Waals surface area contributed by atoms with Crippen molar-refractivity contribution < 1.29 is 43.9 Å². The summed E-state index contributed by atoms with van der Waals surface area (Å²) in [4.78, 5) is 21.9. The second kappa shape index (κ2) is 11.4. The topological polar surface area (TPSA) is 116 Å². The van der Waals surface area contributed by atoms with Crippen molar-refractivity contribution in [2.24, 2.45) is 12.5 Å². The van der Waals surface area contributed by atoms with Crippen molar-refractivity contribution in [1.29, 1.82) is 0 Å². The summed E-state index contributed by atoms with van der Waals surface area (Å²) in [5.41, 5.74) is -1.83. The Kier molecular flexibility index (Phi) is 7.85. The van der Waals surface area contributed by atoms with Crippen LogP contribution in [-0.2, 0) is 29.7 Å². The minimum absolute atomic E-state index is 0.0943. The summed E-state index contributed by atoms with van der Waals surface area (Å²) in [5, 5.41) is 7.16. The number of carbonyl (C=O) groups is 1. The number of ketones is 1. The normalized spacial score (nSPS) is 20.1. The number of pyridine rings is 1. The zero-order valence-electron chi connectivity index (χ0n) is 24.3. The van der Waals surface area contributed by atoms with Gasteiger partial charge in [-0.25, -0.2) is 22.5 Å². The molecule has 0 saturated heterocycles. The molecule has 0 spiro atoms. The highest BCUT2D eigenvalue weighted by molar-refractivity contribution is 7.89. The lowest BCUT2D eigenvalue weighted by atomic mass is 9.60. The fourth-order valence-corrected chi connectivity index (χ4v) is 7.73. The van der Waals surface area contributed by atoms with Gasteiger partial charge in [0.15, 0.2) is 5.78 Å². The van der Waals surface area contributed by atoms with Gasteiger partial charge in [-0.05, 0) is 73.7 Å². The van der Waals surface area contributed by atoms with Gasteiger partial charge in [0.25, 0.3) is 15.2 Å². The molecule has 3 heterocycles. The fraction of sp³-hybridized carbons (Fsp3) is 0.345. The Balaban J connectivity index is 1.48. The van der Waals surface area contributed by atoms with Crippen LogP contribution in [0.5, 0.6) is 0 Å². The lowest BCUT2D eigenvalue weighted by molar-refractivity contribution is -0.140. The van der Waals surface area contributed by atoms with Crippen LogP contribution in [0.1, 0.15) is 46.6 Å². The second-order valence-electron chi connectivity index (χ2n) is 11.4. The molecule has 2 atom stereocenters. The Labute approximate surface area is 262 Å². The van der Waals surface area contributed by atoms with Gasteiger partial charge in [-0.15, -0.1) is 5.10 Å². The molecule has 6 rings (SSSR count). The lowest BCUT2D eigenvalue weighted by Gasteiger charge is -2.46. The van der Waals surface area contributed by atoms with E-state index in [1.807, 2.05) is 0 Å². The number of halogens is 7. The molecule has 2 aliphatic rings. The molecule has 10 nitrogen and oxygen atoms in total. The highest BCUT2D eigenvalue weighted by atomic mass is 32.2. The zero-order chi connectivity index (χ0) is 33.9. The van der Waals surface area contributed by atoms with E-state index in [1.54, 1.807) is 6.08 Å². The standard InChI is InChI=1S/C29H24F7N7O3S/c1-41-16-38-26(40-41)47(45,46)42(15-28(31,32)33)22-5-2-18-11-24-17(14-39-43(24)21-6-3-20(30)4-7-21)12-27(18,13-22)25(44)23-10-19(8-9-37-23)29(34,35)36/h3-4,6-11,14,16,22H,2,5,12-13,15H2,1H3/t22-,27-/m0/s1. The van der Waals surface area contributed by atoms with Gasteiger partial charge in [0.05, 0.1) is 28.6 Å². The Hall–Kier alpha value is -4.45. The molecule has 47 heavy (non-hydrogen) atoms. The highest BCUT2D eigenvalue weighted by Crippen LogP contribution is 2.52. The van der Waals surface area contributed by atoms with Gasteiger partial charge in [0, 0.05) is 19.3 Å². The van der Waals surface area contributed by atoms with Crippen molar-refractivity contribution in [3.63, 3.8) is 0 Å². The fourth-order valence-electron chi connectivity index (χ4n) is 6.22. The number of Topliss-reactive ketones (excluding diaryl/α,β-unsaturated/α-hetero) is 1. The smallest absolute Gasteiger partial charge is 0.291 e. The molecule has 0 radical (unpaired) electrons. The zero-order valence-corrected chi connectivity index (χ0v) is 25.1. The maximum atomic E-state index is 14.4. The van der Waals surface area contributed by atoms with E-state index in [1.165, 1.54) is 42.2 Å². The maximum absolute atomic E-state index is 14.4. The van der Waals surface area contributed by atoms with Crippen LogP contribution < -0.4 is 0 Å². The number of aryl methyl sites for hydroxylation is 1. The summed E-state index contributed by atoms with van der Waals surface area (Å²) in [6.07, 6.45) is -6.05. The van der Waals surface area contributed by atoms with Crippen molar-refractivity contribution in [3.8, 4) is 5.69 Å². The number of carbonyl (C=O) groups excluding carboxylic acids is 1. The van der Waals surface area contributed by atoms with Crippen molar-refractivity contribution in [2.75, 3.05) is 6.54 Å². The Morgan fingerprint density at radius 2 is 1.81 bits per heavy atom. The van der Waals surface area contributed by atoms with Crippen molar-refractivity contribution in [3.05, 3.63) is 89.0 Å². The summed E-state index contributed by atoms with van der Waals surface area (Å²) < 4.78 is 126. The average Bonchev–Trinajstić information content (AvgIpc) is 3.64. The molecule has 0 bridgehead atoms. The quantitative estimate of drug-likeness (QED) is 0.195. The van der Waals surface area contributed by atoms with Crippen LogP contribution in [0, 0.1) is 11.2 Å². The summed E-state index contributed by atoms with van der Waals surface area (Å²) in [7, 11) is -3.63. The molecule has 18 heteroatoms. The van der Waals surface area contributed by atoms with E-state index in [9.17, 15) is 43.9 Å². The number of aromatic nitrogens is 6. The monoisotopic (exact) mass is 683 g/mol. The molecule has 0 unspecified atom stereocenters. The van der Waals surface area contributed by atoms with Gasteiger partial charge in [0.1, 0.15) is 24.4 Å². The molecule has 248 valence electrons. The van der Waals surface area contributed by atoms with E-state index in [-0.39, 0.29) is 23.6 Å². The predicted octanol–water partition coefficient (Wildman–Crippen LogP) is 5.17. The van der Waals surface area contributed by atoms with Crippen LogP contribution in [0.15, 0.2) is 65.8 Å². The lowest BCUT2D eigenvalue weighted by Crippen LogP contribution is -2.53. The molecule has 4 aromatic rings. The Morgan fingerprint density at radius 3 is 2.45 bits per heavy atom. The number of fused-ring (bicyclic) bond motifs is 2. The second-order valence-corrected chi connectivity index (χ2v) is 13.2. The molecular formula is C29H24F7N7O3S. The van der Waals surface area contributed by atoms with E-state index in [4.69, 9.17) is 0 Å². The van der Waals surface area contributed by atoms with Crippen LogP contribution in [0.4, 0.5) is 30.7 Å². The van der Waals surface area contributed by atoms with Crippen LogP contribution in [0.25, 0.3) is 11.8 Å². The van der Waals surface area contributed by atoms with Crippen LogP contribution in [0.2, 0.25) is 0 Å². The van der Waals surface area contributed by atoms with Crippen molar-refractivity contribution in [2.45, 2.75) is 49.2 Å². The number of nitrogens with zero attached hydrogens (tertiary/aromatic N) is 7. The minimum atomic E-state index is -5.01. The first-order valence-electron chi connectivity index (χ1n) is 14.0. The summed E-state index contributed by atoms with van der Waals surface area (Å²) in [6.45, 7) is -1.92. The van der Waals surface area contributed by atoms with Crippen molar-refractivity contribution >= 4 is 21.9 Å². The first-order chi connectivity index (χ1) is 22.0. The molecule has 1 fully saturated rings. The Morgan fingerprint density at radius 1 is 1.09 bits per heavy atom. The van der Waals surface area contributed by atoms with E-state index < -0.39 is 74.8 Å². The van der Waals surface area contributed by atoms with Gasteiger partial charge >= 0.3 is 12.4 Å². The average molecular weight is 684 g/mol. The highest BCUT2D eigenvalue weighted by Gasteiger charge is 2.53. The number of hydrogen-bond acceptors (Lipinski definition) is 7. The molecule has 0 N–H and O–H groups in total. The van der Waals surface area contributed by atoms with Crippen LogP contribution >= 0.6 is 0 Å². The predicted molar refractivity (Wildman–Crippen MR) is 150 cm³/mol. The molecule has 0 amide bonds. The molecule has 1 aromatic carbocycles. The van der Waals surface area contributed by atoms with Crippen LogP contribution in [0.3, 0.4) is 0 Å². The third-order valence-electron chi connectivity index (χ3n) is 8.32. The van der Waals surface area contributed by atoms with Gasteiger partial charge in [0.2, 0.25) is 0 Å². The number of allylic oxidation sites excluding steroid dienone is 1. The largest absolute Gasteiger partial charge is 0.416 e. The van der Waals surface area contributed by atoms with Gasteiger partial charge in [-0.1, -0.05) is 5.57 Å². The van der Waals surface area contributed by atoms with Crippen molar-refractivity contribution in [1.82, 2.24) is 33.8 Å². The molecule has 0 aliphatic heterocycles. The van der Waals surface area contributed by atoms with Gasteiger partial charge < -0.3 is 0 Å².